The number of ether oxygens (including phenoxy) is 1. The Morgan fingerprint density at radius 2 is 2.18 bits per heavy atom. The van der Waals surface area contributed by atoms with Crippen LogP contribution in [0.25, 0.3) is 0 Å². The topological polar surface area (TPSA) is 84.5 Å². The van der Waals surface area contributed by atoms with Crippen molar-refractivity contribution < 1.29 is 9.84 Å². The first kappa shape index (κ1) is 13.8. The molecule has 0 bridgehead atoms. The molecule has 1 aromatic rings. The van der Waals surface area contributed by atoms with E-state index in [2.05, 4.69) is 9.97 Å². The van der Waals surface area contributed by atoms with Crippen molar-refractivity contribution in [1.82, 2.24) is 9.97 Å². The summed E-state index contributed by atoms with van der Waals surface area (Å²) in [6.07, 6.45) is 0. The van der Waals surface area contributed by atoms with E-state index in [0.717, 1.165) is 11.4 Å². The van der Waals surface area contributed by atoms with E-state index in [4.69, 9.17) is 15.6 Å². The second-order valence-electron chi connectivity index (χ2n) is 3.71. The van der Waals surface area contributed by atoms with Gasteiger partial charge in [0.1, 0.15) is 0 Å². The van der Waals surface area contributed by atoms with E-state index in [9.17, 15) is 0 Å². The second-order valence-corrected chi connectivity index (χ2v) is 3.71. The third kappa shape index (κ3) is 4.26. The molecule has 0 aromatic carbocycles. The summed E-state index contributed by atoms with van der Waals surface area (Å²) in [5.74, 6) is 0.594. The minimum Gasteiger partial charge on any atom is -0.395 e. The number of aliphatic hydroxyl groups is 1. The van der Waals surface area contributed by atoms with Crippen LogP contribution >= 0.6 is 0 Å². The molecule has 17 heavy (non-hydrogen) atoms. The van der Waals surface area contributed by atoms with Crippen molar-refractivity contribution in [1.29, 1.82) is 0 Å². The Kier molecular flexibility index (Phi) is 5.82. The maximum absolute atomic E-state index is 9.03. The third-order valence-corrected chi connectivity index (χ3v) is 2.32. The van der Waals surface area contributed by atoms with Crippen molar-refractivity contribution >= 4 is 5.95 Å². The number of aromatic nitrogens is 2. The summed E-state index contributed by atoms with van der Waals surface area (Å²) in [5, 5.41) is 9.03. The molecule has 96 valence electrons. The summed E-state index contributed by atoms with van der Waals surface area (Å²) in [4.78, 5) is 10.6. The van der Waals surface area contributed by atoms with E-state index in [0.29, 0.717) is 32.2 Å². The van der Waals surface area contributed by atoms with E-state index < -0.39 is 0 Å². The number of nitrogens with two attached hydrogens (primary N) is 1. The summed E-state index contributed by atoms with van der Waals surface area (Å²) in [6, 6.07) is 1.86. The van der Waals surface area contributed by atoms with Gasteiger partial charge >= 0.3 is 0 Å². The third-order valence-electron chi connectivity index (χ3n) is 2.32. The van der Waals surface area contributed by atoms with Gasteiger partial charge in [-0.05, 0) is 13.0 Å². The highest BCUT2D eigenvalue weighted by Gasteiger charge is 2.10. The standard InChI is InChI=1S/C11H20N4O2/c1-9-7-10(8-12)14-11(13-9)15(3-5-16)4-6-17-2/h7,16H,3-6,8,12H2,1-2H3. The van der Waals surface area contributed by atoms with Gasteiger partial charge in [0.05, 0.1) is 18.9 Å². The van der Waals surface area contributed by atoms with Crippen LogP contribution < -0.4 is 10.6 Å². The highest BCUT2D eigenvalue weighted by Crippen LogP contribution is 2.09. The molecule has 1 aromatic heterocycles. The van der Waals surface area contributed by atoms with Gasteiger partial charge in [0.2, 0.25) is 5.95 Å². The maximum atomic E-state index is 9.03. The largest absolute Gasteiger partial charge is 0.395 e. The first-order valence-electron chi connectivity index (χ1n) is 5.60. The lowest BCUT2D eigenvalue weighted by Crippen LogP contribution is -2.32. The molecule has 0 fully saturated rings. The first-order valence-corrected chi connectivity index (χ1v) is 5.60. The van der Waals surface area contributed by atoms with Crippen LogP contribution in [0.1, 0.15) is 11.4 Å². The lowest BCUT2D eigenvalue weighted by molar-refractivity contribution is 0.202. The minimum absolute atomic E-state index is 0.0545. The van der Waals surface area contributed by atoms with Gasteiger partial charge in [0, 0.05) is 32.4 Å². The van der Waals surface area contributed by atoms with Crippen LogP contribution in [-0.2, 0) is 11.3 Å². The molecule has 6 heteroatoms. The molecule has 3 N–H and O–H groups in total. The Morgan fingerprint density at radius 1 is 1.41 bits per heavy atom. The van der Waals surface area contributed by atoms with Crippen molar-refractivity contribution in [3.05, 3.63) is 17.5 Å². The van der Waals surface area contributed by atoms with Gasteiger partial charge in [-0.2, -0.15) is 0 Å². The minimum atomic E-state index is 0.0545. The first-order chi connectivity index (χ1) is 8.21. The highest BCUT2D eigenvalue weighted by atomic mass is 16.5. The smallest absolute Gasteiger partial charge is 0.225 e. The van der Waals surface area contributed by atoms with Gasteiger partial charge in [0.15, 0.2) is 0 Å². The molecule has 0 aliphatic rings. The molecule has 1 rings (SSSR count). The number of rotatable bonds is 7. The van der Waals surface area contributed by atoms with Crippen LogP contribution in [-0.4, -0.2) is 48.5 Å². The Balaban J connectivity index is 2.87. The molecule has 0 aliphatic heterocycles. The van der Waals surface area contributed by atoms with Crippen LogP contribution in [0.4, 0.5) is 5.95 Å². The molecule has 0 saturated heterocycles. The summed E-state index contributed by atoms with van der Waals surface area (Å²) in [5.41, 5.74) is 7.25. The number of methoxy groups -OCH3 is 1. The number of aliphatic hydroxyl groups excluding tert-OH is 1. The molecular formula is C11H20N4O2. The maximum Gasteiger partial charge on any atom is 0.225 e. The number of hydrogen-bond donors (Lipinski definition) is 2. The normalized spacial score (nSPS) is 10.6. The zero-order chi connectivity index (χ0) is 12.7. The monoisotopic (exact) mass is 240 g/mol. The Bertz CT molecular complexity index is 346. The van der Waals surface area contributed by atoms with Gasteiger partial charge in [-0.15, -0.1) is 0 Å². The summed E-state index contributed by atoms with van der Waals surface area (Å²) < 4.78 is 5.02. The number of anilines is 1. The van der Waals surface area contributed by atoms with Gasteiger partial charge in [0.25, 0.3) is 0 Å². The fourth-order valence-corrected chi connectivity index (χ4v) is 1.50. The number of hydrogen-bond acceptors (Lipinski definition) is 6. The lowest BCUT2D eigenvalue weighted by Gasteiger charge is -2.21. The average Bonchev–Trinajstić information content (AvgIpc) is 2.33. The predicted molar refractivity (Wildman–Crippen MR) is 65.8 cm³/mol. The Morgan fingerprint density at radius 3 is 2.76 bits per heavy atom. The average molecular weight is 240 g/mol. The van der Waals surface area contributed by atoms with E-state index in [1.807, 2.05) is 17.9 Å². The van der Waals surface area contributed by atoms with Gasteiger partial charge in [-0.3, -0.25) is 0 Å². The summed E-state index contributed by atoms with van der Waals surface area (Å²) in [7, 11) is 1.64. The SMILES string of the molecule is COCCN(CCO)c1nc(C)cc(CN)n1. The summed E-state index contributed by atoms with van der Waals surface area (Å²) >= 11 is 0. The van der Waals surface area contributed by atoms with Gasteiger partial charge in [-0.25, -0.2) is 9.97 Å². The van der Waals surface area contributed by atoms with Gasteiger partial charge in [-0.1, -0.05) is 0 Å². The molecular weight excluding hydrogens is 220 g/mol. The lowest BCUT2D eigenvalue weighted by atomic mass is 10.3. The predicted octanol–water partition coefficient (Wildman–Crippen LogP) is -0.311. The molecule has 0 spiro atoms. The fourth-order valence-electron chi connectivity index (χ4n) is 1.50. The van der Waals surface area contributed by atoms with Crippen molar-refractivity contribution in [3.63, 3.8) is 0 Å². The Labute approximate surface area is 101 Å². The zero-order valence-electron chi connectivity index (χ0n) is 10.4. The van der Waals surface area contributed by atoms with Gasteiger partial charge < -0.3 is 20.5 Å². The second kappa shape index (κ2) is 7.16. The summed E-state index contributed by atoms with van der Waals surface area (Å²) in [6.45, 7) is 4.03. The Hall–Kier alpha value is -1.24. The molecule has 0 unspecified atom stereocenters. The quantitative estimate of drug-likeness (QED) is 0.680. The van der Waals surface area contributed by atoms with E-state index in [-0.39, 0.29) is 6.61 Å². The van der Waals surface area contributed by atoms with Crippen molar-refractivity contribution in [3.8, 4) is 0 Å². The molecule has 6 nitrogen and oxygen atoms in total. The van der Waals surface area contributed by atoms with Crippen molar-refractivity contribution in [2.45, 2.75) is 13.5 Å². The molecule has 0 saturated carbocycles. The molecule has 0 amide bonds. The van der Waals surface area contributed by atoms with E-state index in [1.165, 1.54) is 0 Å². The molecule has 0 radical (unpaired) electrons. The number of nitrogens with zero attached hydrogens (tertiary/aromatic N) is 3. The van der Waals surface area contributed by atoms with Crippen molar-refractivity contribution in [2.24, 2.45) is 5.73 Å². The van der Waals surface area contributed by atoms with Crippen LogP contribution in [0.15, 0.2) is 6.07 Å². The fraction of sp³-hybridized carbons (Fsp3) is 0.636. The van der Waals surface area contributed by atoms with Crippen LogP contribution in [0.5, 0.6) is 0 Å². The number of aryl methyl sites for hydroxylation is 1. The van der Waals surface area contributed by atoms with Crippen LogP contribution in [0.2, 0.25) is 0 Å². The highest BCUT2D eigenvalue weighted by molar-refractivity contribution is 5.32. The molecule has 1 heterocycles. The molecule has 0 atom stereocenters. The van der Waals surface area contributed by atoms with Crippen LogP contribution in [0.3, 0.4) is 0 Å². The van der Waals surface area contributed by atoms with Crippen LogP contribution in [0, 0.1) is 6.92 Å². The zero-order valence-corrected chi connectivity index (χ0v) is 10.4. The van der Waals surface area contributed by atoms with Crippen molar-refractivity contribution in [2.75, 3.05) is 38.3 Å². The molecule has 0 aliphatic carbocycles. The van der Waals surface area contributed by atoms with E-state index >= 15 is 0 Å². The van der Waals surface area contributed by atoms with E-state index in [1.54, 1.807) is 7.11 Å².